The molecule has 0 amide bonds. The summed E-state index contributed by atoms with van der Waals surface area (Å²) in [6.45, 7) is 3.18. The predicted molar refractivity (Wildman–Crippen MR) is 56.0 cm³/mol. The Hall–Kier alpha value is -0.0800. The van der Waals surface area contributed by atoms with Gasteiger partial charge in [-0.3, -0.25) is 0 Å². The summed E-state index contributed by atoms with van der Waals surface area (Å²) in [5, 5.41) is 3.33. The fraction of sp³-hybridized carbons (Fsp3) is 1.00. The van der Waals surface area contributed by atoms with Gasteiger partial charge in [-0.15, -0.1) is 0 Å². The Labute approximate surface area is 82.0 Å². The van der Waals surface area contributed by atoms with E-state index >= 15 is 0 Å². The molecule has 1 aliphatic rings. The number of likely N-dealkylation sites (N-methyl/N-ethyl adjacent to an activating group) is 1. The van der Waals surface area contributed by atoms with Crippen LogP contribution in [0.2, 0.25) is 0 Å². The first-order valence-electron chi connectivity index (χ1n) is 5.67. The highest BCUT2D eigenvalue weighted by atomic mass is 16.5. The average molecular weight is 185 g/mol. The van der Waals surface area contributed by atoms with Gasteiger partial charge in [-0.1, -0.05) is 19.8 Å². The van der Waals surface area contributed by atoms with Crippen LogP contribution in [0.25, 0.3) is 0 Å². The predicted octanol–water partition coefficient (Wildman–Crippen LogP) is 2.33. The van der Waals surface area contributed by atoms with Gasteiger partial charge < -0.3 is 10.1 Å². The lowest BCUT2D eigenvalue weighted by molar-refractivity contribution is 0.0394. The molecule has 0 spiro atoms. The van der Waals surface area contributed by atoms with E-state index in [0.717, 1.165) is 6.61 Å². The zero-order valence-electron chi connectivity index (χ0n) is 9.01. The number of hydrogen-bond acceptors (Lipinski definition) is 2. The smallest absolute Gasteiger partial charge is 0.0727 e. The van der Waals surface area contributed by atoms with Crippen molar-refractivity contribution >= 4 is 0 Å². The molecule has 0 bridgehead atoms. The standard InChI is InChI=1S/C11H23NO/c1-3-4-5-9-13-11-8-6-7-10(11)12-2/h10-12H,3-9H2,1-2H3. The highest BCUT2D eigenvalue weighted by Gasteiger charge is 2.25. The van der Waals surface area contributed by atoms with Gasteiger partial charge in [0.05, 0.1) is 6.10 Å². The van der Waals surface area contributed by atoms with Crippen LogP contribution in [0.5, 0.6) is 0 Å². The third-order valence-corrected chi connectivity index (χ3v) is 2.90. The minimum absolute atomic E-state index is 0.488. The van der Waals surface area contributed by atoms with Gasteiger partial charge in [-0.05, 0) is 32.7 Å². The number of nitrogens with one attached hydrogen (secondary N) is 1. The van der Waals surface area contributed by atoms with Crippen LogP contribution in [-0.2, 0) is 4.74 Å². The monoisotopic (exact) mass is 185 g/mol. The second-order valence-corrected chi connectivity index (χ2v) is 3.94. The molecular weight excluding hydrogens is 162 g/mol. The van der Waals surface area contributed by atoms with Gasteiger partial charge in [0.2, 0.25) is 0 Å². The molecule has 1 N–H and O–H groups in total. The van der Waals surface area contributed by atoms with Crippen molar-refractivity contribution in [2.75, 3.05) is 13.7 Å². The Kier molecular flexibility index (Phi) is 5.40. The third kappa shape index (κ3) is 3.65. The fourth-order valence-electron chi connectivity index (χ4n) is 2.04. The second-order valence-electron chi connectivity index (χ2n) is 3.94. The summed E-state index contributed by atoms with van der Waals surface area (Å²) in [5.74, 6) is 0. The number of unbranched alkanes of at least 4 members (excludes halogenated alkanes) is 2. The van der Waals surface area contributed by atoms with Crippen molar-refractivity contribution in [3.8, 4) is 0 Å². The first-order valence-corrected chi connectivity index (χ1v) is 5.67. The van der Waals surface area contributed by atoms with Crippen molar-refractivity contribution in [1.29, 1.82) is 0 Å². The molecule has 13 heavy (non-hydrogen) atoms. The second kappa shape index (κ2) is 6.39. The van der Waals surface area contributed by atoms with Crippen molar-refractivity contribution in [2.24, 2.45) is 0 Å². The summed E-state index contributed by atoms with van der Waals surface area (Å²) in [4.78, 5) is 0. The Morgan fingerprint density at radius 1 is 1.31 bits per heavy atom. The van der Waals surface area contributed by atoms with Crippen LogP contribution >= 0.6 is 0 Å². The van der Waals surface area contributed by atoms with E-state index in [1.54, 1.807) is 0 Å². The topological polar surface area (TPSA) is 21.3 Å². The summed E-state index contributed by atoms with van der Waals surface area (Å²) in [6.07, 6.45) is 8.15. The lowest BCUT2D eigenvalue weighted by Gasteiger charge is -2.19. The minimum atomic E-state index is 0.488. The fourth-order valence-corrected chi connectivity index (χ4v) is 2.04. The number of rotatable bonds is 6. The van der Waals surface area contributed by atoms with Gasteiger partial charge in [0.25, 0.3) is 0 Å². The van der Waals surface area contributed by atoms with Crippen LogP contribution in [0.3, 0.4) is 0 Å². The summed E-state index contributed by atoms with van der Waals surface area (Å²) in [6, 6.07) is 0.613. The maximum absolute atomic E-state index is 5.85. The lowest BCUT2D eigenvalue weighted by Crippen LogP contribution is -2.34. The molecule has 1 saturated carbocycles. The SMILES string of the molecule is CCCCCOC1CCCC1NC. The van der Waals surface area contributed by atoms with Crippen molar-refractivity contribution in [3.63, 3.8) is 0 Å². The van der Waals surface area contributed by atoms with E-state index in [1.165, 1.54) is 38.5 Å². The van der Waals surface area contributed by atoms with Crippen molar-refractivity contribution < 1.29 is 4.74 Å². The van der Waals surface area contributed by atoms with Gasteiger partial charge in [0.1, 0.15) is 0 Å². The molecule has 1 fully saturated rings. The van der Waals surface area contributed by atoms with Crippen molar-refractivity contribution in [2.45, 2.75) is 57.6 Å². The normalized spacial score (nSPS) is 28.2. The van der Waals surface area contributed by atoms with Crippen molar-refractivity contribution in [3.05, 3.63) is 0 Å². The van der Waals surface area contributed by atoms with E-state index in [1.807, 2.05) is 7.05 Å². The minimum Gasteiger partial charge on any atom is -0.377 e. The molecule has 0 saturated heterocycles. The average Bonchev–Trinajstić information content (AvgIpc) is 2.60. The van der Waals surface area contributed by atoms with Crippen LogP contribution in [0.1, 0.15) is 45.4 Å². The molecular formula is C11H23NO. The molecule has 0 aromatic rings. The molecule has 2 atom stereocenters. The molecule has 78 valence electrons. The first-order chi connectivity index (χ1) is 6.38. The Morgan fingerprint density at radius 2 is 2.15 bits per heavy atom. The van der Waals surface area contributed by atoms with Crippen LogP contribution in [-0.4, -0.2) is 25.8 Å². The summed E-state index contributed by atoms with van der Waals surface area (Å²) >= 11 is 0. The van der Waals surface area contributed by atoms with Crippen LogP contribution in [0.15, 0.2) is 0 Å². The maximum Gasteiger partial charge on any atom is 0.0727 e. The number of ether oxygens (including phenoxy) is 1. The van der Waals surface area contributed by atoms with Gasteiger partial charge >= 0.3 is 0 Å². The molecule has 2 heteroatoms. The van der Waals surface area contributed by atoms with E-state index in [2.05, 4.69) is 12.2 Å². The van der Waals surface area contributed by atoms with E-state index in [9.17, 15) is 0 Å². The summed E-state index contributed by atoms with van der Waals surface area (Å²) < 4.78 is 5.85. The van der Waals surface area contributed by atoms with Crippen LogP contribution < -0.4 is 5.32 Å². The zero-order valence-corrected chi connectivity index (χ0v) is 9.01. The molecule has 0 heterocycles. The molecule has 2 nitrogen and oxygen atoms in total. The van der Waals surface area contributed by atoms with Gasteiger partial charge in [-0.2, -0.15) is 0 Å². The number of hydrogen-bond donors (Lipinski definition) is 1. The lowest BCUT2D eigenvalue weighted by atomic mass is 10.2. The molecule has 0 aromatic carbocycles. The van der Waals surface area contributed by atoms with E-state index in [-0.39, 0.29) is 0 Å². The quantitative estimate of drug-likeness (QED) is 0.641. The molecule has 1 rings (SSSR count). The largest absolute Gasteiger partial charge is 0.377 e. The molecule has 0 radical (unpaired) electrons. The molecule has 2 unspecified atom stereocenters. The Morgan fingerprint density at radius 3 is 2.85 bits per heavy atom. The molecule has 0 aliphatic heterocycles. The first kappa shape index (κ1) is 11.0. The van der Waals surface area contributed by atoms with E-state index < -0.39 is 0 Å². The van der Waals surface area contributed by atoms with Crippen LogP contribution in [0.4, 0.5) is 0 Å². The van der Waals surface area contributed by atoms with Crippen LogP contribution in [0, 0.1) is 0 Å². The van der Waals surface area contributed by atoms with E-state index in [4.69, 9.17) is 4.74 Å². The highest BCUT2D eigenvalue weighted by molar-refractivity contribution is 4.82. The summed E-state index contributed by atoms with van der Waals surface area (Å²) in [7, 11) is 2.04. The molecule has 0 aromatic heterocycles. The Bertz CT molecular complexity index is 127. The molecule has 1 aliphatic carbocycles. The maximum atomic E-state index is 5.85. The van der Waals surface area contributed by atoms with Crippen molar-refractivity contribution in [1.82, 2.24) is 5.32 Å². The highest BCUT2D eigenvalue weighted by Crippen LogP contribution is 2.21. The third-order valence-electron chi connectivity index (χ3n) is 2.90. The van der Waals surface area contributed by atoms with Gasteiger partial charge in [0.15, 0.2) is 0 Å². The summed E-state index contributed by atoms with van der Waals surface area (Å²) in [5.41, 5.74) is 0. The van der Waals surface area contributed by atoms with Gasteiger partial charge in [-0.25, -0.2) is 0 Å². The van der Waals surface area contributed by atoms with Gasteiger partial charge in [0, 0.05) is 12.6 Å². The zero-order chi connectivity index (χ0) is 9.52. The van der Waals surface area contributed by atoms with E-state index in [0.29, 0.717) is 12.1 Å². The Balaban J connectivity index is 2.06.